The first-order valence-corrected chi connectivity index (χ1v) is 5.87. The smallest absolute Gasteiger partial charge is 0.329 e. The number of amides is 1. The van der Waals surface area contributed by atoms with Crippen LogP contribution in [-0.2, 0) is 25.6 Å². The van der Waals surface area contributed by atoms with Gasteiger partial charge in [-0.2, -0.15) is 5.06 Å². The first kappa shape index (κ1) is 11.2. The van der Waals surface area contributed by atoms with E-state index in [-0.39, 0.29) is 24.7 Å². The minimum absolute atomic E-state index is 0.0393. The number of nitrogens with zero attached hydrogens (tertiary/aromatic N) is 1. The van der Waals surface area contributed by atoms with Gasteiger partial charge < -0.3 is 9.57 Å². The number of carbonyl (C=O) groups is 2. The molecule has 0 N–H and O–H groups in total. The lowest BCUT2D eigenvalue weighted by atomic mass is 10.1. The molecule has 0 unspecified atom stereocenters. The molecule has 1 aromatic rings. The topological polar surface area (TPSA) is 55.8 Å². The van der Waals surface area contributed by atoms with Gasteiger partial charge in [-0.3, -0.25) is 9.59 Å². The molecule has 0 radical (unpaired) electrons. The monoisotopic (exact) mass is 247 g/mol. The van der Waals surface area contributed by atoms with Crippen molar-refractivity contribution < 1.29 is 19.2 Å². The highest BCUT2D eigenvalue weighted by atomic mass is 16.7. The van der Waals surface area contributed by atoms with E-state index in [0.717, 1.165) is 17.5 Å². The number of carbonyl (C=O) groups excluding carboxylic acids is 2. The Kier molecular flexibility index (Phi) is 2.56. The Morgan fingerprint density at radius 3 is 3.00 bits per heavy atom. The molecule has 1 fully saturated rings. The quantitative estimate of drug-likeness (QED) is 0.742. The van der Waals surface area contributed by atoms with Crippen molar-refractivity contribution in [1.82, 2.24) is 5.06 Å². The first-order chi connectivity index (χ1) is 8.66. The molecule has 0 bridgehead atoms. The van der Waals surface area contributed by atoms with Gasteiger partial charge in [0, 0.05) is 13.3 Å². The van der Waals surface area contributed by atoms with Gasteiger partial charge in [0.25, 0.3) is 5.91 Å². The van der Waals surface area contributed by atoms with Crippen LogP contribution in [0.2, 0.25) is 0 Å². The van der Waals surface area contributed by atoms with E-state index in [9.17, 15) is 9.59 Å². The molecule has 1 aliphatic carbocycles. The van der Waals surface area contributed by atoms with Crippen LogP contribution in [0.1, 0.15) is 24.1 Å². The van der Waals surface area contributed by atoms with E-state index >= 15 is 0 Å². The zero-order valence-corrected chi connectivity index (χ0v) is 9.96. The molecule has 0 spiro atoms. The molecule has 5 heteroatoms. The molecule has 94 valence electrons. The summed E-state index contributed by atoms with van der Waals surface area (Å²) in [4.78, 5) is 27.9. The maximum Gasteiger partial charge on any atom is 0.329 e. The molecule has 2 aliphatic rings. The van der Waals surface area contributed by atoms with Gasteiger partial charge in [-0.1, -0.05) is 24.3 Å². The highest BCUT2D eigenvalue weighted by molar-refractivity contribution is 5.80. The van der Waals surface area contributed by atoms with Crippen LogP contribution in [0.4, 0.5) is 0 Å². The summed E-state index contributed by atoms with van der Waals surface area (Å²) in [5.74, 6) is -0.809. The van der Waals surface area contributed by atoms with E-state index in [1.54, 1.807) is 0 Å². The molecule has 18 heavy (non-hydrogen) atoms. The number of hydrogen-bond acceptors (Lipinski definition) is 4. The summed E-state index contributed by atoms with van der Waals surface area (Å²) in [6.45, 7) is 1.25. The van der Waals surface area contributed by atoms with Crippen molar-refractivity contribution in [3.63, 3.8) is 0 Å². The lowest BCUT2D eigenvalue weighted by molar-refractivity contribution is -0.231. The predicted octanol–water partition coefficient (Wildman–Crippen LogP) is 0.989. The molecule has 0 saturated carbocycles. The van der Waals surface area contributed by atoms with Crippen LogP contribution in [0.15, 0.2) is 24.3 Å². The van der Waals surface area contributed by atoms with Crippen LogP contribution in [0.3, 0.4) is 0 Å². The molecule has 1 aromatic carbocycles. The minimum Gasteiger partial charge on any atom is -0.365 e. The van der Waals surface area contributed by atoms with Crippen molar-refractivity contribution in [2.45, 2.75) is 25.5 Å². The predicted molar refractivity (Wildman–Crippen MR) is 61.2 cm³/mol. The van der Waals surface area contributed by atoms with Gasteiger partial charge in [0.05, 0.1) is 6.10 Å². The van der Waals surface area contributed by atoms with Crippen LogP contribution < -0.4 is 0 Å². The van der Waals surface area contributed by atoms with Crippen molar-refractivity contribution in [2.75, 3.05) is 6.61 Å². The van der Waals surface area contributed by atoms with Gasteiger partial charge in [0.1, 0.15) is 12.6 Å². The third kappa shape index (κ3) is 1.67. The second-order valence-electron chi connectivity index (χ2n) is 4.50. The van der Waals surface area contributed by atoms with Gasteiger partial charge in [-0.05, 0) is 11.1 Å². The van der Waals surface area contributed by atoms with Crippen molar-refractivity contribution in [1.29, 1.82) is 0 Å². The lowest BCUT2D eigenvalue weighted by Crippen LogP contribution is -2.48. The summed E-state index contributed by atoms with van der Waals surface area (Å²) in [6, 6.07) is 7.50. The average Bonchev–Trinajstić information content (AvgIpc) is 2.71. The molecule has 1 saturated heterocycles. The lowest BCUT2D eigenvalue weighted by Gasteiger charge is -2.35. The number of benzene rings is 1. The molecule has 1 amide bonds. The van der Waals surface area contributed by atoms with Crippen LogP contribution in [0, 0.1) is 0 Å². The fourth-order valence-electron chi connectivity index (χ4n) is 2.61. The second-order valence-corrected chi connectivity index (χ2v) is 4.50. The maximum atomic E-state index is 11.8. The van der Waals surface area contributed by atoms with Gasteiger partial charge in [-0.25, -0.2) is 0 Å². The van der Waals surface area contributed by atoms with E-state index in [4.69, 9.17) is 9.57 Å². The van der Waals surface area contributed by atoms with Gasteiger partial charge >= 0.3 is 5.97 Å². The normalized spacial score (nSPS) is 25.6. The average molecular weight is 247 g/mol. The first-order valence-electron chi connectivity index (χ1n) is 5.87. The van der Waals surface area contributed by atoms with Crippen molar-refractivity contribution in [3.05, 3.63) is 35.4 Å². The van der Waals surface area contributed by atoms with Gasteiger partial charge in [0.2, 0.25) is 0 Å². The SMILES string of the molecule is CC(=O)ON1C(=O)CO[C@H]2Cc3ccccc3[C@H]21. The zero-order chi connectivity index (χ0) is 12.7. The largest absolute Gasteiger partial charge is 0.365 e. The maximum absolute atomic E-state index is 11.8. The minimum atomic E-state index is -0.492. The van der Waals surface area contributed by atoms with Crippen LogP contribution in [0.25, 0.3) is 0 Å². The van der Waals surface area contributed by atoms with E-state index < -0.39 is 5.97 Å². The Morgan fingerprint density at radius 2 is 2.22 bits per heavy atom. The molecule has 2 atom stereocenters. The Labute approximate surface area is 104 Å². The van der Waals surface area contributed by atoms with Crippen LogP contribution in [-0.4, -0.2) is 29.7 Å². The van der Waals surface area contributed by atoms with E-state index in [1.165, 1.54) is 12.0 Å². The van der Waals surface area contributed by atoms with Crippen LogP contribution >= 0.6 is 0 Å². The summed E-state index contributed by atoms with van der Waals surface area (Å²) in [5.41, 5.74) is 2.14. The number of morpholine rings is 1. The molecule has 3 rings (SSSR count). The Balaban J connectivity index is 1.98. The highest BCUT2D eigenvalue weighted by Crippen LogP contribution is 2.40. The summed E-state index contributed by atoms with van der Waals surface area (Å²) in [7, 11) is 0. The number of hydroxylamine groups is 2. The number of fused-ring (bicyclic) bond motifs is 3. The zero-order valence-electron chi connectivity index (χ0n) is 9.96. The number of rotatable bonds is 1. The fraction of sp³-hybridized carbons (Fsp3) is 0.385. The fourth-order valence-corrected chi connectivity index (χ4v) is 2.61. The highest BCUT2D eigenvalue weighted by Gasteiger charge is 2.45. The van der Waals surface area contributed by atoms with E-state index in [1.807, 2.05) is 24.3 Å². The van der Waals surface area contributed by atoms with Crippen molar-refractivity contribution in [2.24, 2.45) is 0 Å². The third-order valence-corrected chi connectivity index (χ3v) is 3.29. The molecular weight excluding hydrogens is 234 g/mol. The number of hydrogen-bond donors (Lipinski definition) is 0. The van der Waals surface area contributed by atoms with Crippen molar-refractivity contribution >= 4 is 11.9 Å². The van der Waals surface area contributed by atoms with Crippen molar-refractivity contribution in [3.8, 4) is 0 Å². The summed E-state index contributed by atoms with van der Waals surface area (Å²) < 4.78 is 5.53. The molecular formula is C13H13NO4. The molecule has 0 aromatic heterocycles. The Bertz CT molecular complexity index is 513. The molecule has 1 heterocycles. The van der Waals surface area contributed by atoms with E-state index in [2.05, 4.69) is 0 Å². The van der Waals surface area contributed by atoms with Gasteiger partial charge in [0.15, 0.2) is 0 Å². The number of ether oxygens (including phenoxy) is 1. The summed E-state index contributed by atoms with van der Waals surface area (Å²) in [5, 5.41) is 1.17. The van der Waals surface area contributed by atoms with Crippen LogP contribution in [0.5, 0.6) is 0 Å². The standard InChI is InChI=1S/C13H13NO4/c1-8(15)18-14-12(16)7-17-11-6-9-4-2-3-5-10(9)13(11)14/h2-5,11,13H,6-7H2,1H3/t11-,13+/m0/s1. The molecule has 1 aliphatic heterocycles. The summed E-state index contributed by atoms with van der Waals surface area (Å²) >= 11 is 0. The molecule has 5 nitrogen and oxygen atoms in total. The van der Waals surface area contributed by atoms with E-state index in [0.29, 0.717) is 0 Å². The summed E-state index contributed by atoms with van der Waals surface area (Å²) in [6.07, 6.45) is 0.616. The third-order valence-electron chi connectivity index (χ3n) is 3.29. The Morgan fingerprint density at radius 1 is 1.44 bits per heavy atom. The van der Waals surface area contributed by atoms with Gasteiger partial charge in [-0.15, -0.1) is 0 Å². The Hall–Kier alpha value is -1.88. The second kappa shape index (κ2) is 4.10.